The van der Waals surface area contributed by atoms with Gasteiger partial charge >= 0.3 is 5.97 Å². The molecule has 1 saturated heterocycles. The van der Waals surface area contributed by atoms with E-state index < -0.39 is 11.5 Å². The Morgan fingerprint density at radius 3 is 2.24 bits per heavy atom. The van der Waals surface area contributed by atoms with Crippen molar-refractivity contribution in [3.05, 3.63) is 0 Å². The molecule has 0 aromatic rings. The molecule has 0 aliphatic carbocycles. The number of hydrogen-bond acceptors (Lipinski definition) is 4. The van der Waals surface area contributed by atoms with Crippen LogP contribution in [0.4, 0.5) is 0 Å². The Bertz CT molecular complexity index is 273. The van der Waals surface area contributed by atoms with E-state index in [-0.39, 0.29) is 0 Å². The van der Waals surface area contributed by atoms with Gasteiger partial charge in [0.05, 0.1) is 0 Å². The van der Waals surface area contributed by atoms with Crippen molar-refractivity contribution in [3.63, 3.8) is 0 Å². The quantitative estimate of drug-likeness (QED) is 0.732. The third-order valence-corrected chi connectivity index (χ3v) is 4.00. The maximum Gasteiger partial charge on any atom is 0.324 e. The van der Waals surface area contributed by atoms with Crippen molar-refractivity contribution in [3.8, 4) is 0 Å². The van der Waals surface area contributed by atoms with Crippen molar-refractivity contribution in [2.24, 2.45) is 0 Å². The van der Waals surface area contributed by atoms with Crippen molar-refractivity contribution in [1.29, 1.82) is 0 Å². The molecule has 1 aliphatic rings. The number of nitrogens with zero attached hydrogens (tertiary/aromatic N) is 2. The maximum absolute atomic E-state index is 11.3. The van der Waals surface area contributed by atoms with Gasteiger partial charge in [-0.2, -0.15) is 0 Å². The topological polar surface area (TPSA) is 55.8 Å². The molecule has 1 rings (SSSR count). The van der Waals surface area contributed by atoms with E-state index in [0.717, 1.165) is 13.1 Å². The number of carboxylic acids is 1. The molecular weight excluding hydrogens is 218 g/mol. The molecule has 5 heteroatoms. The molecular formula is C12H25N3O2. The van der Waals surface area contributed by atoms with Gasteiger partial charge in [0.25, 0.3) is 0 Å². The highest BCUT2D eigenvalue weighted by molar-refractivity contribution is 5.78. The van der Waals surface area contributed by atoms with Crippen LogP contribution in [0.3, 0.4) is 0 Å². The Hall–Kier alpha value is -0.650. The smallest absolute Gasteiger partial charge is 0.324 e. The minimum atomic E-state index is -0.866. The van der Waals surface area contributed by atoms with Crippen LogP contribution in [0, 0.1) is 0 Å². The molecule has 17 heavy (non-hydrogen) atoms. The molecule has 3 unspecified atom stereocenters. The molecule has 0 amide bonds. The third kappa shape index (κ3) is 3.18. The summed E-state index contributed by atoms with van der Waals surface area (Å²) in [6.07, 6.45) is 0. The van der Waals surface area contributed by atoms with Crippen molar-refractivity contribution in [2.75, 3.05) is 33.7 Å². The second-order valence-electron chi connectivity index (χ2n) is 5.44. The molecule has 2 N–H and O–H groups in total. The second kappa shape index (κ2) is 5.33. The first-order valence-electron chi connectivity index (χ1n) is 6.16. The number of piperazine rings is 1. The Labute approximate surface area is 104 Å². The number of aliphatic carboxylic acids is 1. The molecule has 1 aliphatic heterocycles. The molecule has 0 aromatic heterocycles. The van der Waals surface area contributed by atoms with Crippen molar-refractivity contribution >= 4 is 5.97 Å². The van der Waals surface area contributed by atoms with Gasteiger partial charge in [0.1, 0.15) is 5.54 Å². The minimum Gasteiger partial charge on any atom is -0.480 e. The zero-order chi connectivity index (χ0) is 13.2. The van der Waals surface area contributed by atoms with Gasteiger partial charge in [-0.1, -0.05) is 0 Å². The van der Waals surface area contributed by atoms with E-state index in [1.165, 1.54) is 0 Å². The lowest BCUT2D eigenvalue weighted by molar-refractivity contribution is -0.145. The van der Waals surface area contributed by atoms with Crippen LogP contribution >= 0.6 is 0 Å². The molecule has 0 radical (unpaired) electrons. The van der Waals surface area contributed by atoms with Crippen molar-refractivity contribution < 1.29 is 9.90 Å². The van der Waals surface area contributed by atoms with Gasteiger partial charge < -0.3 is 10.4 Å². The van der Waals surface area contributed by atoms with E-state index in [1.807, 2.05) is 0 Å². The van der Waals surface area contributed by atoms with Crippen LogP contribution in [0.25, 0.3) is 0 Å². The highest BCUT2D eigenvalue weighted by Gasteiger charge is 2.36. The maximum atomic E-state index is 11.3. The lowest BCUT2D eigenvalue weighted by Gasteiger charge is -2.44. The Kier molecular flexibility index (Phi) is 4.52. The lowest BCUT2D eigenvalue weighted by atomic mass is 10.00. The van der Waals surface area contributed by atoms with E-state index in [1.54, 1.807) is 14.0 Å². The Balaban J connectivity index is 2.66. The van der Waals surface area contributed by atoms with Gasteiger partial charge in [0.2, 0.25) is 0 Å². The standard InChI is InChI=1S/C12H25N3O2/c1-9-6-15(7-10(2)14(9)5)8-12(3,13-4)11(16)17/h9-10,13H,6-8H2,1-5H3,(H,16,17). The summed E-state index contributed by atoms with van der Waals surface area (Å²) in [6, 6.07) is 0.933. The first-order valence-corrected chi connectivity index (χ1v) is 6.16. The van der Waals surface area contributed by atoms with Crippen molar-refractivity contribution in [2.45, 2.75) is 38.4 Å². The summed E-state index contributed by atoms with van der Waals surface area (Å²) in [5, 5.41) is 12.2. The van der Waals surface area contributed by atoms with Crippen LogP contribution in [0.2, 0.25) is 0 Å². The van der Waals surface area contributed by atoms with E-state index in [2.05, 4.69) is 36.0 Å². The summed E-state index contributed by atoms with van der Waals surface area (Å²) in [5.74, 6) is -0.792. The monoisotopic (exact) mass is 243 g/mol. The first kappa shape index (κ1) is 14.4. The van der Waals surface area contributed by atoms with Crippen LogP contribution in [-0.4, -0.2) is 72.2 Å². The minimum absolute atomic E-state index is 0.466. The van der Waals surface area contributed by atoms with E-state index in [4.69, 9.17) is 0 Å². The molecule has 0 aromatic carbocycles. The fourth-order valence-electron chi connectivity index (χ4n) is 2.34. The summed E-state index contributed by atoms with van der Waals surface area (Å²) in [6.45, 7) is 8.49. The summed E-state index contributed by atoms with van der Waals surface area (Å²) in [4.78, 5) is 15.8. The fourth-order valence-corrected chi connectivity index (χ4v) is 2.34. The van der Waals surface area contributed by atoms with Crippen LogP contribution in [-0.2, 0) is 4.79 Å². The number of rotatable bonds is 4. The first-order chi connectivity index (χ1) is 7.80. The predicted molar refractivity (Wildman–Crippen MR) is 68.2 cm³/mol. The van der Waals surface area contributed by atoms with E-state index in [0.29, 0.717) is 18.6 Å². The number of hydrogen-bond donors (Lipinski definition) is 2. The van der Waals surface area contributed by atoms with Crippen LogP contribution in [0.1, 0.15) is 20.8 Å². The van der Waals surface area contributed by atoms with E-state index >= 15 is 0 Å². The highest BCUT2D eigenvalue weighted by atomic mass is 16.4. The third-order valence-electron chi connectivity index (χ3n) is 4.00. The molecule has 100 valence electrons. The molecule has 0 spiro atoms. The van der Waals surface area contributed by atoms with Gasteiger partial charge in [-0.15, -0.1) is 0 Å². The fraction of sp³-hybridized carbons (Fsp3) is 0.917. The SMILES string of the molecule is CNC(C)(CN1CC(C)N(C)C(C)C1)C(=O)O. The van der Waals surface area contributed by atoms with Gasteiger partial charge in [0, 0.05) is 31.7 Å². The Morgan fingerprint density at radius 2 is 1.88 bits per heavy atom. The summed E-state index contributed by atoms with van der Waals surface area (Å²) in [5.41, 5.74) is -0.866. The average Bonchev–Trinajstić information content (AvgIpc) is 2.25. The molecule has 5 nitrogen and oxygen atoms in total. The number of carboxylic acid groups (broad SMARTS) is 1. The zero-order valence-corrected chi connectivity index (χ0v) is 11.5. The summed E-state index contributed by atoms with van der Waals surface area (Å²) >= 11 is 0. The summed E-state index contributed by atoms with van der Waals surface area (Å²) in [7, 11) is 3.83. The van der Waals surface area contributed by atoms with E-state index in [9.17, 15) is 9.90 Å². The number of likely N-dealkylation sites (N-methyl/N-ethyl adjacent to an activating group) is 2. The molecule has 1 fully saturated rings. The largest absolute Gasteiger partial charge is 0.480 e. The average molecular weight is 243 g/mol. The predicted octanol–water partition coefficient (Wildman–Crippen LogP) is 0.0735. The lowest BCUT2D eigenvalue weighted by Crippen LogP contribution is -2.61. The van der Waals surface area contributed by atoms with Crippen molar-refractivity contribution in [1.82, 2.24) is 15.1 Å². The molecule has 1 heterocycles. The van der Waals surface area contributed by atoms with Crippen LogP contribution in [0.5, 0.6) is 0 Å². The normalized spacial score (nSPS) is 31.1. The van der Waals surface area contributed by atoms with Crippen LogP contribution < -0.4 is 5.32 Å². The molecule has 0 bridgehead atoms. The van der Waals surface area contributed by atoms with Gasteiger partial charge in [0.15, 0.2) is 0 Å². The van der Waals surface area contributed by atoms with Gasteiger partial charge in [-0.3, -0.25) is 14.6 Å². The van der Waals surface area contributed by atoms with Gasteiger partial charge in [-0.25, -0.2) is 0 Å². The molecule has 0 saturated carbocycles. The summed E-state index contributed by atoms with van der Waals surface area (Å²) < 4.78 is 0. The number of carbonyl (C=O) groups is 1. The zero-order valence-electron chi connectivity index (χ0n) is 11.5. The Morgan fingerprint density at radius 1 is 1.41 bits per heavy atom. The van der Waals surface area contributed by atoms with Crippen LogP contribution in [0.15, 0.2) is 0 Å². The van der Waals surface area contributed by atoms with Gasteiger partial charge in [-0.05, 0) is 34.9 Å². The second-order valence-corrected chi connectivity index (χ2v) is 5.44. The molecule has 3 atom stereocenters. The number of nitrogens with one attached hydrogen (secondary N) is 1. The highest BCUT2D eigenvalue weighted by Crippen LogP contribution is 2.16.